The molecule has 2 aliphatic heterocycles. The highest BCUT2D eigenvalue weighted by Gasteiger charge is 2.13. The lowest BCUT2D eigenvalue weighted by atomic mass is 10.1. The molecule has 0 aromatic rings. The highest BCUT2D eigenvalue weighted by molar-refractivity contribution is 5.95. The van der Waals surface area contributed by atoms with Gasteiger partial charge in [-0.15, -0.1) is 12.4 Å². The van der Waals surface area contributed by atoms with Crippen molar-refractivity contribution in [3.05, 3.63) is 47.9 Å². The minimum absolute atomic E-state index is 0. The zero-order valence-electron chi connectivity index (χ0n) is 7.51. The molecule has 4 heteroatoms. The molecule has 0 saturated carbocycles. The zero-order valence-corrected chi connectivity index (χ0v) is 8.33. The molecule has 0 aromatic heterocycles. The van der Waals surface area contributed by atoms with Crippen LogP contribution in [0.5, 0.6) is 0 Å². The number of carbonyl (C=O) groups excluding carboxylic acids is 1. The zero-order chi connectivity index (χ0) is 9.26. The number of hydrogen-bond acceptors (Lipinski definition) is 2. The number of nitrogens with two attached hydrogens (primary N) is 1. The average molecular weight is 211 g/mol. The van der Waals surface area contributed by atoms with Crippen LogP contribution in [0.15, 0.2) is 47.9 Å². The molecule has 14 heavy (non-hydrogen) atoms. The van der Waals surface area contributed by atoms with Gasteiger partial charge in [-0.05, 0) is 18.2 Å². The number of halogens is 1. The Bertz CT molecular complexity index is 366. The molecule has 0 saturated heterocycles. The van der Waals surface area contributed by atoms with Gasteiger partial charge in [-0.3, -0.25) is 4.79 Å². The molecule has 0 fully saturated rings. The van der Waals surface area contributed by atoms with E-state index in [1.165, 1.54) is 0 Å². The van der Waals surface area contributed by atoms with Crippen LogP contribution in [0, 0.1) is 0 Å². The van der Waals surface area contributed by atoms with Gasteiger partial charge < -0.3 is 10.6 Å². The summed E-state index contributed by atoms with van der Waals surface area (Å²) in [7, 11) is 0. The minimum atomic E-state index is -0.383. The summed E-state index contributed by atoms with van der Waals surface area (Å²) in [6.07, 6.45) is 11.4. The average Bonchev–Trinajstić information content (AvgIpc) is 2.17. The number of rotatable bonds is 1. The molecule has 0 atom stereocenters. The summed E-state index contributed by atoms with van der Waals surface area (Å²) in [6, 6.07) is 0. The second-order valence-electron chi connectivity index (χ2n) is 2.95. The van der Waals surface area contributed by atoms with Crippen molar-refractivity contribution in [3.8, 4) is 0 Å². The van der Waals surface area contributed by atoms with E-state index in [0.717, 1.165) is 12.2 Å². The number of hydrogen-bond donors (Lipinski definition) is 1. The second kappa shape index (κ2) is 4.15. The first-order valence-corrected chi connectivity index (χ1v) is 4.10. The third-order valence-electron chi connectivity index (χ3n) is 2.06. The van der Waals surface area contributed by atoms with Crippen molar-refractivity contribution in [1.82, 2.24) is 4.90 Å². The standard InChI is InChI=1S/C10H10N2O.ClH/c11-10(13)8-4-6-12-5-2-1-3-9(12)7-8;/h1-4,6-7H,5H2,(H2,11,13);1H. The summed E-state index contributed by atoms with van der Waals surface area (Å²) in [5, 5.41) is 0. The molecule has 0 aromatic carbocycles. The number of allylic oxidation sites excluding steroid dienone is 3. The van der Waals surface area contributed by atoms with E-state index in [1.54, 1.807) is 12.2 Å². The Balaban J connectivity index is 0.000000980. The molecule has 2 aliphatic rings. The Kier molecular flexibility index (Phi) is 3.14. The van der Waals surface area contributed by atoms with E-state index < -0.39 is 0 Å². The van der Waals surface area contributed by atoms with Gasteiger partial charge in [-0.25, -0.2) is 0 Å². The molecule has 0 bridgehead atoms. The van der Waals surface area contributed by atoms with Gasteiger partial charge in [0.2, 0.25) is 5.91 Å². The lowest BCUT2D eigenvalue weighted by Gasteiger charge is -2.25. The highest BCUT2D eigenvalue weighted by atomic mass is 35.5. The maximum absolute atomic E-state index is 10.9. The van der Waals surface area contributed by atoms with Crippen molar-refractivity contribution in [2.75, 3.05) is 6.54 Å². The fourth-order valence-corrected chi connectivity index (χ4v) is 1.35. The SMILES string of the molecule is Cl.NC(=O)C1=CC2=CC=CCN2C=C1. The molecule has 1 amide bonds. The number of carbonyl (C=O) groups is 1. The van der Waals surface area contributed by atoms with E-state index >= 15 is 0 Å². The predicted molar refractivity (Wildman–Crippen MR) is 57.6 cm³/mol. The van der Waals surface area contributed by atoms with Crippen LogP contribution in [0.4, 0.5) is 0 Å². The first kappa shape index (κ1) is 10.6. The van der Waals surface area contributed by atoms with Crippen LogP contribution in [0.2, 0.25) is 0 Å². The summed E-state index contributed by atoms with van der Waals surface area (Å²) < 4.78 is 0. The summed E-state index contributed by atoms with van der Waals surface area (Å²) in [5.74, 6) is -0.383. The molecule has 0 radical (unpaired) electrons. The third-order valence-corrected chi connectivity index (χ3v) is 2.06. The van der Waals surface area contributed by atoms with E-state index in [2.05, 4.69) is 6.08 Å². The van der Waals surface area contributed by atoms with Gasteiger partial charge in [0.1, 0.15) is 0 Å². The van der Waals surface area contributed by atoms with Gasteiger partial charge in [-0.1, -0.05) is 12.2 Å². The topological polar surface area (TPSA) is 46.3 Å². The Morgan fingerprint density at radius 1 is 1.50 bits per heavy atom. The molecule has 3 nitrogen and oxygen atoms in total. The van der Waals surface area contributed by atoms with Gasteiger partial charge in [0.15, 0.2) is 0 Å². The first-order valence-electron chi connectivity index (χ1n) is 4.10. The van der Waals surface area contributed by atoms with Crippen molar-refractivity contribution in [3.63, 3.8) is 0 Å². The summed E-state index contributed by atoms with van der Waals surface area (Å²) in [6.45, 7) is 0.852. The quantitative estimate of drug-likeness (QED) is 0.705. The molecule has 2 rings (SSSR count). The Hall–Kier alpha value is -1.48. The first-order chi connectivity index (χ1) is 6.27. The van der Waals surface area contributed by atoms with Gasteiger partial charge in [0.25, 0.3) is 0 Å². The minimum Gasteiger partial charge on any atom is -0.366 e. The van der Waals surface area contributed by atoms with Crippen LogP contribution in [0.25, 0.3) is 0 Å². The Morgan fingerprint density at radius 3 is 3.00 bits per heavy atom. The van der Waals surface area contributed by atoms with Gasteiger partial charge in [0, 0.05) is 24.0 Å². The largest absolute Gasteiger partial charge is 0.366 e. The van der Waals surface area contributed by atoms with Crippen molar-refractivity contribution in [1.29, 1.82) is 0 Å². The lowest BCUT2D eigenvalue weighted by Crippen LogP contribution is -2.23. The van der Waals surface area contributed by atoms with Crippen LogP contribution in [-0.2, 0) is 4.79 Å². The predicted octanol–water partition coefficient (Wildman–Crippen LogP) is 1.10. The lowest BCUT2D eigenvalue weighted by molar-refractivity contribution is -0.114. The smallest absolute Gasteiger partial charge is 0.248 e. The fraction of sp³-hybridized carbons (Fsp3) is 0.100. The molecule has 0 unspecified atom stereocenters. The van der Waals surface area contributed by atoms with E-state index in [4.69, 9.17) is 5.73 Å². The van der Waals surface area contributed by atoms with E-state index in [9.17, 15) is 4.79 Å². The molecule has 2 heterocycles. The van der Waals surface area contributed by atoms with Crippen LogP contribution < -0.4 is 5.73 Å². The maximum Gasteiger partial charge on any atom is 0.248 e. The molecular weight excluding hydrogens is 200 g/mol. The summed E-state index contributed by atoms with van der Waals surface area (Å²) in [4.78, 5) is 12.9. The summed E-state index contributed by atoms with van der Waals surface area (Å²) >= 11 is 0. The molecule has 0 spiro atoms. The molecule has 0 aliphatic carbocycles. The van der Waals surface area contributed by atoms with Crippen molar-refractivity contribution < 1.29 is 4.79 Å². The Labute approximate surface area is 88.7 Å². The molecule has 2 N–H and O–H groups in total. The highest BCUT2D eigenvalue weighted by Crippen LogP contribution is 2.19. The monoisotopic (exact) mass is 210 g/mol. The van der Waals surface area contributed by atoms with Crippen molar-refractivity contribution in [2.45, 2.75) is 0 Å². The molecular formula is C10H11ClN2O. The van der Waals surface area contributed by atoms with Gasteiger partial charge >= 0.3 is 0 Å². The van der Waals surface area contributed by atoms with Crippen LogP contribution >= 0.6 is 12.4 Å². The second-order valence-corrected chi connectivity index (χ2v) is 2.95. The van der Waals surface area contributed by atoms with Gasteiger partial charge in [0.05, 0.1) is 0 Å². The number of fused-ring (bicyclic) bond motifs is 1. The maximum atomic E-state index is 10.9. The van der Waals surface area contributed by atoms with Crippen LogP contribution in [-0.4, -0.2) is 17.4 Å². The number of primary amides is 1. The van der Waals surface area contributed by atoms with Crippen molar-refractivity contribution >= 4 is 18.3 Å². The van der Waals surface area contributed by atoms with E-state index in [1.807, 2.05) is 23.3 Å². The number of amides is 1. The molecule has 74 valence electrons. The normalized spacial score (nSPS) is 17.9. The van der Waals surface area contributed by atoms with Crippen LogP contribution in [0.1, 0.15) is 0 Å². The third kappa shape index (κ3) is 1.88. The Morgan fingerprint density at radius 2 is 2.29 bits per heavy atom. The van der Waals surface area contributed by atoms with Crippen LogP contribution in [0.3, 0.4) is 0 Å². The van der Waals surface area contributed by atoms with Gasteiger partial charge in [-0.2, -0.15) is 0 Å². The van der Waals surface area contributed by atoms with E-state index in [-0.39, 0.29) is 18.3 Å². The van der Waals surface area contributed by atoms with E-state index in [0.29, 0.717) is 5.57 Å². The van der Waals surface area contributed by atoms with Crippen molar-refractivity contribution in [2.24, 2.45) is 5.73 Å². The number of nitrogens with zero attached hydrogens (tertiary/aromatic N) is 1. The summed E-state index contributed by atoms with van der Waals surface area (Å²) in [5.41, 5.74) is 6.73. The fourth-order valence-electron chi connectivity index (χ4n) is 1.35.